The van der Waals surface area contributed by atoms with Gasteiger partial charge in [0.2, 0.25) is 5.91 Å². The second-order valence-electron chi connectivity index (χ2n) is 8.15. The Labute approximate surface area is 212 Å². The number of amides is 2. The molecule has 3 N–H and O–H groups in total. The number of pyridine rings is 1. The molecule has 0 radical (unpaired) electrons. The van der Waals surface area contributed by atoms with Gasteiger partial charge in [0.1, 0.15) is 11.9 Å². The van der Waals surface area contributed by atoms with E-state index in [1.54, 1.807) is 19.1 Å². The zero-order valence-electron chi connectivity index (χ0n) is 18.8. The fraction of sp³-hybridized carbons (Fsp3) is 0.261. The number of benzene rings is 1. The van der Waals surface area contributed by atoms with Crippen molar-refractivity contribution in [1.82, 2.24) is 25.6 Å². The second kappa shape index (κ2) is 10.1. The number of anilines is 2. The lowest BCUT2D eigenvalue weighted by Gasteiger charge is -2.20. The van der Waals surface area contributed by atoms with E-state index in [2.05, 4.69) is 46.8 Å². The minimum atomic E-state index is -4.54. The Kier molecular flexibility index (Phi) is 7.11. The van der Waals surface area contributed by atoms with Gasteiger partial charge in [-0.1, -0.05) is 15.9 Å². The highest BCUT2D eigenvalue weighted by atomic mass is 79.9. The third-order valence-electron chi connectivity index (χ3n) is 5.42. The van der Waals surface area contributed by atoms with Crippen molar-refractivity contribution in [2.45, 2.75) is 37.5 Å². The Morgan fingerprint density at radius 2 is 1.83 bits per heavy atom. The summed E-state index contributed by atoms with van der Waals surface area (Å²) in [7, 11) is 0. The van der Waals surface area contributed by atoms with Gasteiger partial charge in [-0.2, -0.15) is 13.2 Å². The fourth-order valence-electron chi connectivity index (χ4n) is 3.36. The van der Waals surface area contributed by atoms with Crippen molar-refractivity contribution in [2.24, 2.45) is 0 Å². The molecule has 2 aromatic heterocycles. The smallest absolute Gasteiger partial charge is 0.407 e. The molecule has 2 heterocycles. The molecule has 1 fully saturated rings. The van der Waals surface area contributed by atoms with E-state index in [9.17, 15) is 22.8 Å². The van der Waals surface area contributed by atoms with E-state index in [4.69, 9.17) is 4.74 Å². The Morgan fingerprint density at radius 3 is 2.44 bits per heavy atom. The molecule has 1 saturated carbocycles. The first-order valence-electron chi connectivity index (χ1n) is 10.7. The normalized spacial score (nSPS) is 14.9. The minimum absolute atomic E-state index is 0.114. The first-order chi connectivity index (χ1) is 17.1. The van der Waals surface area contributed by atoms with Gasteiger partial charge in [-0.05, 0) is 50.1 Å². The first kappa shape index (κ1) is 25.4. The zero-order valence-corrected chi connectivity index (χ0v) is 20.4. The number of alkyl halides is 3. The van der Waals surface area contributed by atoms with E-state index in [1.165, 1.54) is 37.1 Å². The van der Waals surface area contributed by atoms with Gasteiger partial charge in [0.05, 0.1) is 47.3 Å². The highest BCUT2D eigenvalue weighted by molar-refractivity contribution is 9.10. The monoisotopic (exact) mass is 564 g/mol. The van der Waals surface area contributed by atoms with Crippen molar-refractivity contribution in [3.8, 4) is 5.75 Å². The van der Waals surface area contributed by atoms with Gasteiger partial charge < -0.3 is 20.7 Å². The molecule has 2 amide bonds. The lowest BCUT2D eigenvalue weighted by Crippen LogP contribution is -2.50. The van der Waals surface area contributed by atoms with E-state index in [0.29, 0.717) is 28.7 Å². The maximum Gasteiger partial charge on any atom is 0.418 e. The summed E-state index contributed by atoms with van der Waals surface area (Å²) >= 11 is 3.06. The van der Waals surface area contributed by atoms with E-state index < -0.39 is 35.3 Å². The van der Waals surface area contributed by atoms with Crippen molar-refractivity contribution in [3.63, 3.8) is 0 Å². The topological polar surface area (TPSA) is 118 Å². The van der Waals surface area contributed by atoms with Crippen LogP contribution in [-0.2, 0) is 11.0 Å². The summed E-state index contributed by atoms with van der Waals surface area (Å²) in [6, 6.07) is 6.45. The molecule has 1 aromatic carbocycles. The van der Waals surface area contributed by atoms with Crippen LogP contribution in [0.25, 0.3) is 0 Å². The van der Waals surface area contributed by atoms with Crippen LogP contribution in [0, 0.1) is 0 Å². The van der Waals surface area contributed by atoms with E-state index in [0.717, 1.165) is 6.07 Å². The lowest BCUT2D eigenvalue weighted by molar-refractivity contribution is -0.137. The van der Waals surface area contributed by atoms with Crippen LogP contribution in [0.1, 0.15) is 37.1 Å². The van der Waals surface area contributed by atoms with Crippen molar-refractivity contribution < 1.29 is 27.5 Å². The van der Waals surface area contributed by atoms with Crippen molar-refractivity contribution >= 4 is 39.3 Å². The largest absolute Gasteiger partial charge is 0.418 e. The Morgan fingerprint density at radius 1 is 1.11 bits per heavy atom. The standard InChI is InChI=1S/C23H20BrF3N6O3/c1-13(31-20(34)22(6-7-22)33-21(35)36-16-10-28-12-29-11-16)18-5-3-15(9-30-18)32-19-4-2-14(24)8-17(19)23(25,26)27/h2-5,8-13,32H,6-7H2,1H3,(H,31,34)(H,33,35). The summed E-state index contributed by atoms with van der Waals surface area (Å²) in [5.74, 6) is -0.257. The Bertz CT molecular complexity index is 1250. The molecule has 3 aromatic rings. The van der Waals surface area contributed by atoms with Crippen molar-refractivity contribution in [2.75, 3.05) is 5.32 Å². The Hall–Kier alpha value is -3.74. The lowest BCUT2D eigenvalue weighted by atomic mass is 10.1. The van der Waals surface area contributed by atoms with Crippen LogP contribution >= 0.6 is 15.9 Å². The molecule has 1 atom stereocenters. The van der Waals surface area contributed by atoms with Crippen LogP contribution < -0.4 is 20.7 Å². The SMILES string of the molecule is CC(NC(=O)C1(NC(=O)Oc2cncnc2)CC1)c1ccc(Nc2ccc(Br)cc2C(F)(F)F)cn1. The van der Waals surface area contributed by atoms with Gasteiger partial charge in [0.15, 0.2) is 5.75 Å². The maximum atomic E-state index is 13.4. The third kappa shape index (κ3) is 6.08. The van der Waals surface area contributed by atoms with E-state index in [-0.39, 0.29) is 11.4 Å². The number of ether oxygens (including phenoxy) is 1. The van der Waals surface area contributed by atoms with Crippen LogP contribution in [0.2, 0.25) is 0 Å². The molecule has 1 aliphatic carbocycles. The third-order valence-corrected chi connectivity index (χ3v) is 5.91. The number of hydrogen-bond acceptors (Lipinski definition) is 7. The molecule has 9 nitrogen and oxygen atoms in total. The number of hydrogen-bond donors (Lipinski definition) is 3. The molecule has 36 heavy (non-hydrogen) atoms. The molecule has 188 valence electrons. The van der Waals surface area contributed by atoms with Crippen LogP contribution in [0.15, 0.2) is 59.7 Å². The van der Waals surface area contributed by atoms with Gasteiger partial charge in [-0.25, -0.2) is 14.8 Å². The van der Waals surface area contributed by atoms with Gasteiger partial charge in [0, 0.05) is 4.47 Å². The molecule has 4 rings (SSSR count). The second-order valence-corrected chi connectivity index (χ2v) is 9.07. The average molecular weight is 565 g/mol. The van der Waals surface area contributed by atoms with Crippen LogP contribution in [0.3, 0.4) is 0 Å². The van der Waals surface area contributed by atoms with Crippen LogP contribution in [-0.4, -0.2) is 32.5 Å². The molecule has 0 saturated heterocycles. The van der Waals surface area contributed by atoms with E-state index in [1.807, 2.05) is 0 Å². The summed E-state index contributed by atoms with van der Waals surface area (Å²) in [5.41, 5.74) is -1.18. The van der Waals surface area contributed by atoms with Crippen molar-refractivity contribution in [3.05, 3.63) is 71.0 Å². The van der Waals surface area contributed by atoms with Crippen LogP contribution in [0.5, 0.6) is 5.75 Å². The quantitative estimate of drug-likeness (QED) is 0.373. The molecule has 13 heteroatoms. The minimum Gasteiger partial charge on any atom is -0.407 e. The summed E-state index contributed by atoms with van der Waals surface area (Å²) < 4.78 is 45.5. The predicted molar refractivity (Wildman–Crippen MR) is 126 cm³/mol. The number of aromatic nitrogens is 3. The number of carbonyl (C=O) groups is 2. The number of nitrogens with one attached hydrogen (secondary N) is 3. The number of nitrogens with zero attached hydrogens (tertiary/aromatic N) is 3. The molecule has 1 unspecified atom stereocenters. The fourth-order valence-corrected chi connectivity index (χ4v) is 3.72. The molecule has 0 aliphatic heterocycles. The molecule has 0 bridgehead atoms. The Balaban J connectivity index is 1.36. The highest BCUT2D eigenvalue weighted by Crippen LogP contribution is 2.38. The van der Waals surface area contributed by atoms with E-state index >= 15 is 0 Å². The van der Waals surface area contributed by atoms with Gasteiger partial charge in [-0.3, -0.25) is 9.78 Å². The zero-order chi connectivity index (χ0) is 25.9. The maximum absolute atomic E-state index is 13.4. The molecular weight excluding hydrogens is 545 g/mol. The summed E-state index contributed by atoms with van der Waals surface area (Å²) in [6.07, 6.45) is 0.854. The number of rotatable bonds is 7. The van der Waals surface area contributed by atoms with Crippen LogP contribution in [0.4, 0.5) is 29.3 Å². The summed E-state index contributed by atoms with van der Waals surface area (Å²) in [6.45, 7) is 1.71. The number of carbonyl (C=O) groups excluding carboxylic acids is 2. The first-order valence-corrected chi connectivity index (χ1v) is 11.5. The van der Waals surface area contributed by atoms with Gasteiger partial charge in [-0.15, -0.1) is 0 Å². The highest BCUT2D eigenvalue weighted by Gasteiger charge is 2.52. The molecular formula is C23H20BrF3N6O3. The van der Waals surface area contributed by atoms with Gasteiger partial charge >= 0.3 is 12.3 Å². The molecule has 1 aliphatic rings. The number of halogens is 4. The van der Waals surface area contributed by atoms with Gasteiger partial charge in [0.25, 0.3) is 0 Å². The van der Waals surface area contributed by atoms with Crippen molar-refractivity contribution in [1.29, 1.82) is 0 Å². The average Bonchev–Trinajstić information content (AvgIpc) is 3.61. The summed E-state index contributed by atoms with van der Waals surface area (Å²) in [4.78, 5) is 36.7. The summed E-state index contributed by atoms with van der Waals surface area (Å²) in [5, 5.41) is 8.11. The molecule has 0 spiro atoms. The predicted octanol–water partition coefficient (Wildman–Crippen LogP) is 4.89.